The summed E-state index contributed by atoms with van der Waals surface area (Å²) in [6, 6.07) is 4.54. The van der Waals surface area contributed by atoms with E-state index in [1.165, 1.54) is 19.3 Å². The first-order valence-electron chi connectivity index (χ1n) is 5.62. The number of piperidine rings is 1. The molecule has 1 aromatic rings. The van der Waals surface area contributed by atoms with Gasteiger partial charge in [-0.3, -0.25) is 0 Å². The van der Waals surface area contributed by atoms with Crippen molar-refractivity contribution in [2.24, 2.45) is 0 Å². The molecule has 0 amide bonds. The highest BCUT2D eigenvalue weighted by Gasteiger charge is 2.11. The monoisotopic (exact) mass is 206 g/mol. The lowest BCUT2D eigenvalue weighted by Crippen LogP contribution is -2.39. The second kappa shape index (κ2) is 5.07. The van der Waals surface area contributed by atoms with Crippen molar-refractivity contribution in [3.8, 4) is 0 Å². The SMILES string of the molecule is Cc1ccc(NC[C@H]2CCCCN2)nn1. The zero-order chi connectivity index (χ0) is 10.5. The predicted octanol–water partition coefficient (Wildman–Crippen LogP) is 1.34. The Balaban J connectivity index is 1.79. The fourth-order valence-electron chi connectivity index (χ4n) is 1.82. The third-order valence-corrected chi connectivity index (χ3v) is 2.74. The second-order valence-electron chi connectivity index (χ2n) is 4.09. The van der Waals surface area contributed by atoms with Crippen LogP contribution in [0.25, 0.3) is 0 Å². The fourth-order valence-corrected chi connectivity index (χ4v) is 1.82. The maximum atomic E-state index is 4.07. The van der Waals surface area contributed by atoms with Crippen molar-refractivity contribution in [1.82, 2.24) is 15.5 Å². The lowest BCUT2D eigenvalue weighted by atomic mass is 10.1. The molecule has 0 spiro atoms. The molecule has 2 heterocycles. The number of rotatable bonds is 3. The Morgan fingerprint density at radius 2 is 2.33 bits per heavy atom. The Hall–Kier alpha value is -1.16. The van der Waals surface area contributed by atoms with Gasteiger partial charge < -0.3 is 10.6 Å². The molecule has 0 unspecified atom stereocenters. The van der Waals surface area contributed by atoms with Crippen LogP contribution in [0, 0.1) is 6.92 Å². The average molecular weight is 206 g/mol. The van der Waals surface area contributed by atoms with Crippen LogP contribution in [0.1, 0.15) is 25.0 Å². The van der Waals surface area contributed by atoms with E-state index < -0.39 is 0 Å². The molecule has 0 saturated carbocycles. The Morgan fingerprint density at radius 1 is 1.40 bits per heavy atom. The first kappa shape index (κ1) is 10.4. The molecule has 4 heteroatoms. The predicted molar refractivity (Wildman–Crippen MR) is 60.9 cm³/mol. The summed E-state index contributed by atoms with van der Waals surface area (Å²) >= 11 is 0. The minimum atomic E-state index is 0.585. The average Bonchev–Trinajstić information content (AvgIpc) is 2.30. The standard InChI is InChI=1S/C11H18N4/c1-9-5-6-11(15-14-9)13-8-10-4-2-3-7-12-10/h5-6,10,12H,2-4,7-8H2,1H3,(H,13,15)/t10-/m1/s1. The topological polar surface area (TPSA) is 49.8 Å². The van der Waals surface area contributed by atoms with Crippen LogP contribution in [0.2, 0.25) is 0 Å². The van der Waals surface area contributed by atoms with Crippen molar-refractivity contribution in [3.63, 3.8) is 0 Å². The summed E-state index contributed by atoms with van der Waals surface area (Å²) in [6.45, 7) is 4.03. The molecule has 2 rings (SSSR count). The Bertz CT molecular complexity index is 290. The second-order valence-corrected chi connectivity index (χ2v) is 4.09. The van der Waals surface area contributed by atoms with Crippen LogP contribution in [0.5, 0.6) is 0 Å². The summed E-state index contributed by atoms with van der Waals surface area (Å²) in [5, 5.41) is 14.9. The maximum absolute atomic E-state index is 4.07. The molecule has 2 N–H and O–H groups in total. The maximum Gasteiger partial charge on any atom is 0.148 e. The van der Waals surface area contributed by atoms with E-state index in [0.717, 1.165) is 24.6 Å². The molecule has 82 valence electrons. The van der Waals surface area contributed by atoms with Crippen LogP contribution < -0.4 is 10.6 Å². The minimum Gasteiger partial charge on any atom is -0.367 e. The smallest absolute Gasteiger partial charge is 0.148 e. The molecule has 1 saturated heterocycles. The lowest BCUT2D eigenvalue weighted by Gasteiger charge is -2.23. The third kappa shape index (κ3) is 3.16. The van der Waals surface area contributed by atoms with Crippen molar-refractivity contribution in [1.29, 1.82) is 0 Å². The molecular weight excluding hydrogens is 188 g/mol. The van der Waals surface area contributed by atoms with Gasteiger partial charge in [0.2, 0.25) is 0 Å². The van der Waals surface area contributed by atoms with Gasteiger partial charge in [-0.05, 0) is 38.4 Å². The van der Waals surface area contributed by atoms with Crippen LogP contribution in [0.3, 0.4) is 0 Å². The molecule has 1 aliphatic rings. The number of aromatic nitrogens is 2. The molecule has 0 radical (unpaired) electrons. The number of nitrogens with one attached hydrogen (secondary N) is 2. The summed E-state index contributed by atoms with van der Waals surface area (Å²) in [4.78, 5) is 0. The minimum absolute atomic E-state index is 0.585. The fraction of sp³-hybridized carbons (Fsp3) is 0.636. The summed E-state index contributed by atoms with van der Waals surface area (Å²) < 4.78 is 0. The summed E-state index contributed by atoms with van der Waals surface area (Å²) in [5.74, 6) is 0.868. The van der Waals surface area contributed by atoms with Gasteiger partial charge in [-0.25, -0.2) is 0 Å². The highest BCUT2D eigenvalue weighted by Crippen LogP contribution is 2.08. The zero-order valence-electron chi connectivity index (χ0n) is 9.16. The van der Waals surface area contributed by atoms with Crippen molar-refractivity contribution in [3.05, 3.63) is 17.8 Å². The van der Waals surface area contributed by atoms with E-state index in [-0.39, 0.29) is 0 Å². The molecule has 0 aliphatic carbocycles. The van der Waals surface area contributed by atoms with Crippen molar-refractivity contribution >= 4 is 5.82 Å². The van der Waals surface area contributed by atoms with Gasteiger partial charge in [0.05, 0.1) is 5.69 Å². The Labute approximate surface area is 90.5 Å². The van der Waals surface area contributed by atoms with Crippen LogP contribution in [-0.2, 0) is 0 Å². The van der Waals surface area contributed by atoms with E-state index in [2.05, 4.69) is 20.8 Å². The normalized spacial score (nSPS) is 21.3. The molecule has 4 nitrogen and oxygen atoms in total. The molecular formula is C11H18N4. The molecule has 0 aromatic carbocycles. The molecule has 1 atom stereocenters. The largest absolute Gasteiger partial charge is 0.367 e. The van der Waals surface area contributed by atoms with E-state index >= 15 is 0 Å². The van der Waals surface area contributed by atoms with Gasteiger partial charge in [-0.2, -0.15) is 5.10 Å². The first-order chi connectivity index (χ1) is 7.34. The van der Waals surface area contributed by atoms with Gasteiger partial charge in [0.25, 0.3) is 0 Å². The van der Waals surface area contributed by atoms with Crippen molar-refractivity contribution < 1.29 is 0 Å². The highest BCUT2D eigenvalue weighted by atomic mass is 15.2. The van der Waals surface area contributed by atoms with Crippen molar-refractivity contribution in [2.45, 2.75) is 32.2 Å². The molecule has 1 aliphatic heterocycles. The number of hydrogen-bond acceptors (Lipinski definition) is 4. The zero-order valence-corrected chi connectivity index (χ0v) is 9.16. The van der Waals surface area contributed by atoms with Gasteiger partial charge in [0, 0.05) is 12.6 Å². The van der Waals surface area contributed by atoms with E-state index in [1.54, 1.807) is 0 Å². The molecule has 0 bridgehead atoms. The van der Waals surface area contributed by atoms with Gasteiger partial charge >= 0.3 is 0 Å². The highest BCUT2D eigenvalue weighted by molar-refractivity contribution is 5.32. The van der Waals surface area contributed by atoms with Gasteiger partial charge in [0.15, 0.2) is 0 Å². The van der Waals surface area contributed by atoms with E-state index in [9.17, 15) is 0 Å². The van der Waals surface area contributed by atoms with Crippen molar-refractivity contribution in [2.75, 3.05) is 18.4 Å². The van der Waals surface area contributed by atoms with Crippen LogP contribution in [-0.4, -0.2) is 29.3 Å². The van der Waals surface area contributed by atoms with Gasteiger partial charge in [-0.15, -0.1) is 5.10 Å². The van der Waals surface area contributed by atoms with E-state index in [0.29, 0.717) is 6.04 Å². The van der Waals surface area contributed by atoms with Crippen LogP contribution in [0.15, 0.2) is 12.1 Å². The lowest BCUT2D eigenvalue weighted by molar-refractivity contribution is 0.414. The molecule has 15 heavy (non-hydrogen) atoms. The van der Waals surface area contributed by atoms with E-state index in [1.807, 2.05) is 19.1 Å². The molecule has 1 aromatic heterocycles. The van der Waals surface area contributed by atoms with E-state index in [4.69, 9.17) is 0 Å². The molecule has 1 fully saturated rings. The number of hydrogen-bond donors (Lipinski definition) is 2. The Morgan fingerprint density at radius 3 is 3.00 bits per heavy atom. The Kier molecular flexibility index (Phi) is 3.50. The summed E-state index contributed by atoms with van der Waals surface area (Å²) in [7, 11) is 0. The van der Waals surface area contributed by atoms with Gasteiger partial charge in [-0.1, -0.05) is 6.42 Å². The van der Waals surface area contributed by atoms with Crippen LogP contribution in [0.4, 0.5) is 5.82 Å². The first-order valence-corrected chi connectivity index (χ1v) is 5.62. The number of aryl methyl sites for hydroxylation is 1. The number of anilines is 1. The number of nitrogens with zero attached hydrogens (tertiary/aromatic N) is 2. The summed E-state index contributed by atoms with van der Waals surface area (Å²) in [6.07, 6.45) is 3.89. The summed E-state index contributed by atoms with van der Waals surface area (Å²) in [5.41, 5.74) is 0.955. The third-order valence-electron chi connectivity index (χ3n) is 2.74. The van der Waals surface area contributed by atoms with Crippen LogP contribution >= 0.6 is 0 Å². The van der Waals surface area contributed by atoms with Gasteiger partial charge in [0.1, 0.15) is 5.82 Å². The quantitative estimate of drug-likeness (QED) is 0.783.